The average Bonchev–Trinajstić information content (AvgIpc) is 2.70. The van der Waals surface area contributed by atoms with Crippen molar-refractivity contribution >= 4 is 17.6 Å². The smallest absolute Gasteiger partial charge is 0.302 e. The second-order valence-corrected chi connectivity index (χ2v) is 7.14. The van der Waals surface area contributed by atoms with E-state index in [9.17, 15) is 4.79 Å². The summed E-state index contributed by atoms with van der Waals surface area (Å²) in [6, 6.07) is 14.1. The van der Waals surface area contributed by atoms with Crippen LogP contribution in [0.5, 0.6) is 5.75 Å². The fourth-order valence-corrected chi connectivity index (χ4v) is 3.38. The summed E-state index contributed by atoms with van der Waals surface area (Å²) in [5.41, 5.74) is 3.29. The van der Waals surface area contributed by atoms with Crippen LogP contribution in [0.4, 0.5) is 0 Å². The third kappa shape index (κ3) is 5.60. The van der Waals surface area contributed by atoms with E-state index < -0.39 is 0 Å². The Morgan fingerprint density at radius 1 is 1.21 bits per heavy atom. The maximum Gasteiger partial charge on any atom is 0.302 e. The molecule has 2 aromatic carbocycles. The molecule has 1 heterocycles. The zero-order valence-corrected chi connectivity index (χ0v) is 16.9. The molecule has 148 valence electrons. The van der Waals surface area contributed by atoms with Crippen molar-refractivity contribution in [3.05, 3.63) is 76.3 Å². The molecule has 0 N–H and O–H groups in total. The zero-order chi connectivity index (χ0) is 19.9. The molecule has 0 saturated heterocycles. The number of halogens is 1. The molecule has 0 radical (unpaired) electrons. The van der Waals surface area contributed by atoms with Gasteiger partial charge in [-0.05, 0) is 54.7 Å². The highest BCUT2D eigenvalue weighted by Crippen LogP contribution is 2.31. The number of rotatable bonds is 7. The molecule has 0 fully saturated rings. The Morgan fingerprint density at radius 3 is 2.71 bits per heavy atom. The Balaban J connectivity index is 1.70. The summed E-state index contributed by atoms with van der Waals surface area (Å²) >= 11 is 6.44. The number of esters is 1. The predicted octanol–water partition coefficient (Wildman–Crippen LogP) is 5.28. The van der Waals surface area contributed by atoms with Crippen molar-refractivity contribution < 1.29 is 19.0 Å². The standard InChI is InChI=1S/C23H25ClO4/c1-3-26-20-10-7-17(8-11-20)13-19-14-18(9-12-22(19)24)23-6-4-5-21(28-23)15-27-16(2)25/h4-5,7-12,14,21,23H,3,6,13,15H2,1-2H3/t21-,23+/m1/s1. The summed E-state index contributed by atoms with van der Waals surface area (Å²) in [5.74, 6) is 0.565. The molecule has 0 aromatic heterocycles. The van der Waals surface area contributed by atoms with Gasteiger partial charge in [0.2, 0.25) is 0 Å². The van der Waals surface area contributed by atoms with Crippen LogP contribution in [0.3, 0.4) is 0 Å². The van der Waals surface area contributed by atoms with Crippen LogP contribution in [0, 0.1) is 0 Å². The van der Waals surface area contributed by atoms with Crippen LogP contribution in [0.1, 0.15) is 43.1 Å². The highest BCUT2D eigenvalue weighted by molar-refractivity contribution is 6.31. The number of carbonyl (C=O) groups excluding carboxylic acids is 1. The summed E-state index contributed by atoms with van der Waals surface area (Å²) < 4.78 is 16.7. The van der Waals surface area contributed by atoms with E-state index in [1.54, 1.807) is 0 Å². The molecule has 1 aliphatic heterocycles. The van der Waals surface area contributed by atoms with E-state index in [2.05, 4.69) is 24.3 Å². The number of benzene rings is 2. The monoisotopic (exact) mass is 400 g/mol. The van der Waals surface area contributed by atoms with Crippen molar-refractivity contribution in [2.24, 2.45) is 0 Å². The van der Waals surface area contributed by atoms with Crippen molar-refractivity contribution in [1.82, 2.24) is 0 Å². The molecule has 0 amide bonds. The molecular weight excluding hydrogens is 376 g/mol. The van der Waals surface area contributed by atoms with E-state index in [0.717, 1.165) is 34.7 Å². The summed E-state index contributed by atoms with van der Waals surface area (Å²) in [7, 11) is 0. The van der Waals surface area contributed by atoms with Gasteiger partial charge in [-0.1, -0.05) is 48.0 Å². The lowest BCUT2D eigenvalue weighted by Gasteiger charge is -2.26. The molecule has 3 rings (SSSR count). The molecular formula is C23H25ClO4. The zero-order valence-electron chi connectivity index (χ0n) is 16.2. The van der Waals surface area contributed by atoms with E-state index in [4.69, 9.17) is 25.8 Å². The van der Waals surface area contributed by atoms with E-state index in [1.165, 1.54) is 12.5 Å². The van der Waals surface area contributed by atoms with E-state index >= 15 is 0 Å². The molecule has 0 bridgehead atoms. The first-order valence-corrected chi connectivity index (χ1v) is 9.88. The molecule has 2 atom stereocenters. The molecule has 2 aromatic rings. The molecule has 28 heavy (non-hydrogen) atoms. The molecule has 0 spiro atoms. The topological polar surface area (TPSA) is 44.8 Å². The molecule has 0 saturated carbocycles. The highest BCUT2D eigenvalue weighted by Gasteiger charge is 2.21. The lowest BCUT2D eigenvalue weighted by Crippen LogP contribution is -2.24. The summed E-state index contributed by atoms with van der Waals surface area (Å²) in [6.45, 7) is 4.26. The van der Waals surface area contributed by atoms with Crippen molar-refractivity contribution in [2.75, 3.05) is 13.2 Å². The van der Waals surface area contributed by atoms with Gasteiger partial charge in [-0.25, -0.2) is 0 Å². The molecule has 0 unspecified atom stereocenters. The van der Waals surface area contributed by atoms with Gasteiger partial charge in [0.15, 0.2) is 0 Å². The van der Waals surface area contributed by atoms with Gasteiger partial charge < -0.3 is 14.2 Å². The molecule has 5 heteroatoms. The van der Waals surface area contributed by atoms with Gasteiger partial charge in [0, 0.05) is 11.9 Å². The van der Waals surface area contributed by atoms with Crippen molar-refractivity contribution in [2.45, 2.75) is 38.9 Å². The second kappa shape index (κ2) is 9.76. The summed E-state index contributed by atoms with van der Waals surface area (Å²) in [6.07, 6.45) is 5.22. The fraction of sp³-hybridized carbons (Fsp3) is 0.348. The second-order valence-electron chi connectivity index (χ2n) is 6.73. The van der Waals surface area contributed by atoms with E-state index in [0.29, 0.717) is 6.61 Å². The van der Waals surface area contributed by atoms with Crippen LogP contribution in [-0.4, -0.2) is 25.3 Å². The fourth-order valence-electron chi connectivity index (χ4n) is 3.20. The van der Waals surface area contributed by atoms with Gasteiger partial charge in [-0.3, -0.25) is 4.79 Å². The minimum Gasteiger partial charge on any atom is -0.494 e. The first-order valence-electron chi connectivity index (χ1n) is 9.50. The van der Waals surface area contributed by atoms with Crippen molar-refractivity contribution in [3.8, 4) is 5.75 Å². The molecule has 1 aliphatic rings. The largest absolute Gasteiger partial charge is 0.494 e. The van der Waals surface area contributed by atoms with Gasteiger partial charge in [-0.15, -0.1) is 0 Å². The third-order valence-electron chi connectivity index (χ3n) is 4.56. The first kappa shape index (κ1) is 20.4. The minimum absolute atomic E-state index is 0.0816. The van der Waals surface area contributed by atoms with E-state index in [1.807, 2.05) is 37.3 Å². The van der Waals surface area contributed by atoms with E-state index in [-0.39, 0.29) is 24.8 Å². The van der Waals surface area contributed by atoms with Gasteiger partial charge >= 0.3 is 5.97 Å². The first-order chi connectivity index (χ1) is 13.5. The average molecular weight is 401 g/mol. The van der Waals surface area contributed by atoms with Crippen LogP contribution in [0.2, 0.25) is 5.02 Å². The van der Waals surface area contributed by atoms with Gasteiger partial charge in [0.1, 0.15) is 18.5 Å². The van der Waals surface area contributed by atoms with Crippen molar-refractivity contribution in [3.63, 3.8) is 0 Å². The van der Waals surface area contributed by atoms with Gasteiger partial charge in [0.25, 0.3) is 0 Å². The number of ether oxygens (including phenoxy) is 3. The number of hydrogen-bond acceptors (Lipinski definition) is 4. The number of hydrogen-bond donors (Lipinski definition) is 0. The Kier molecular flexibility index (Phi) is 7.12. The maximum absolute atomic E-state index is 11.0. The molecule has 4 nitrogen and oxygen atoms in total. The Bertz CT molecular complexity index is 829. The predicted molar refractivity (Wildman–Crippen MR) is 110 cm³/mol. The Morgan fingerprint density at radius 2 is 2.00 bits per heavy atom. The lowest BCUT2D eigenvalue weighted by molar-refractivity contribution is -0.145. The summed E-state index contributed by atoms with van der Waals surface area (Å²) in [5, 5.41) is 0.737. The maximum atomic E-state index is 11.0. The summed E-state index contributed by atoms with van der Waals surface area (Å²) in [4.78, 5) is 11.0. The van der Waals surface area contributed by atoms with Crippen LogP contribution in [-0.2, 0) is 20.7 Å². The normalized spacial score (nSPS) is 18.7. The van der Waals surface area contributed by atoms with Crippen LogP contribution in [0.25, 0.3) is 0 Å². The van der Waals surface area contributed by atoms with Gasteiger partial charge in [0.05, 0.1) is 12.7 Å². The van der Waals surface area contributed by atoms with Gasteiger partial charge in [-0.2, -0.15) is 0 Å². The molecule has 0 aliphatic carbocycles. The lowest BCUT2D eigenvalue weighted by atomic mass is 9.98. The van der Waals surface area contributed by atoms with Crippen LogP contribution < -0.4 is 4.74 Å². The Hall–Kier alpha value is -2.30. The van der Waals surface area contributed by atoms with Crippen molar-refractivity contribution in [1.29, 1.82) is 0 Å². The third-order valence-corrected chi connectivity index (χ3v) is 4.93. The SMILES string of the molecule is CCOc1ccc(Cc2cc([C@@H]3CC=C[C@H](COC(C)=O)O3)ccc2Cl)cc1. The van der Waals surface area contributed by atoms with Crippen LogP contribution in [0.15, 0.2) is 54.6 Å². The Labute approximate surface area is 171 Å². The highest BCUT2D eigenvalue weighted by atomic mass is 35.5. The van der Waals surface area contributed by atoms with Crippen LogP contribution >= 0.6 is 11.6 Å². The quantitative estimate of drug-likeness (QED) is 0.468. The minimum atomic E-state index is -0.303. The number of carbonyl (C=O) groups is 1.